The van der Waals surface area contributed by atoms with Crippen molar-refractivity contribution in [3.8, 4) is 5.75 Å². The molecule has 1 atom stereocenters. The first kappa shape index (κ1) is 13.5. The fourth-order valence-electron chi connectivity index (χ4n) is 2.41. The first-order valence-corrected chi connectivity index (χ1v) is 6.86. The zero-order valence-electron chi connectivity index (χ0n) is 11.6. The molecular formula is C17H15NO3. The smallest absolute Gasteiger partial charge is 0.194 e. The van der Waals surface area contributed by atoms with Gasteiger partial charge in [-0.15, -0.1) is 0 Å². The van der Waals surface area contributed by atoms with Gasteiger partial charge < -0.3 is 4.74 Å². The lowest BCUT2D eigenvalue weighted by Gasteiger charge is -2.19. The molecular weight excluding hydrogens is 266 g/mol. The van der Waals surface area contributed by atoms with E-state index < -0.39 is 6.23 Å². The van der Waals surface area contributed by atoms with Crippen molar-refractivity contribution in [2.45, 2.75) is 19.6 Å². The Bertz CT molecular complexity index is 737. The third-order valence-electron chi connectivity index (χ3n) is 3.59. The van der Waals surface area contributed by atoms with Gasteiger partial charge in [-0.05, 0) is 24.6 Å². The van der Waals surface area contributed by atoms with E-state index in [-0.39, 0.29) is 11.6 Å². The van der Waals surface area contributed by atoms with E-state index in [0.29, 0.717) is 34.4 Å². The van der Waals surface area contributed by atoms with Gasteiger partial charge in [-0.2, -0.15) is 0 Å². The Morgan fingerprint density at radius 3 is 2.14 bits per heavy atom. The van der Waals surface area contributed by atoms with E-state index >= 15 is 0 Å². The van der Waals surface area contributed by atoms with E-state index in [0.717, 1.165) is 0 Å². The van der Waals surface area contributed by atoms with Crippen LogP contribution in [0.15, 0.2) is 42.5 Å². The first-order valence-electron chi connectivity index (χ1n) is 6.86. The quantitative estimate of drug-likeness (QED) is 0.749. The van der Waals surface area contributed by atoms with Crippen molar-refractivity contribution in [2.75, 3.05) is 0 Å². The maximum Gasteiger partial charge on any atom is 0.194 e. The Morgan fingerprint density at radius 2 is 1.52 bits per heavy atom. The third kappa shape index (κ3) is 2.23. The van der Waals surface area contributed by atoms with E-state index in [2.05, 4.69) is 0 Å². The number of benzene rings is 2. The second-order valence-electron chi connectivity index (χ2n) is 4.98. The molecule has 2 N–H and O–H groups in total. The SMILES string of the molecule is CCC(N)Oc1ccc2c(c1)C(=O)c1ccccc1C2=O. The van der Waals surface area contributed by atoms with Gasteiger partial charge in [-0.3, -0.25) is 15.3 Å². The molecule has 2 aromatic carbocycles. The molecule has 0 bridgehead atoms. The molecule has 1 aliphatic carbocycles. The lowest BCUT2D eigenvalue weighted by molar-refractivity contribution is 0.0978. The van der Waals surface area contributed by atoms with E-state index in [1.54, 1.807) is 42.5 Å². The van der Waals surface area contributed by atoms with Gasteiger partial charge >= 0.3 is 0 Å². The molecule has 1 unspecified atom stereocenters. The van der Waals surface area contributed by atoms with E-state index in [9.17, 15) is 9.59 Å². The Kier molecular flexibility index (Phi) is 3.31. The van der Waals surface area contributed by atoms with Crippen LogP contribution in [0, 0.1) is 0 Å². The lowest BCUT2D eigenvalue weighted by atomic mass is 9.84. The highest BCUT2D eigenvalue weighted by Gasteiger charge is 2.29. The summed E-state index contributed by atoms with van der Waals surface area (Å²) in [6.07, 6.45) is 0.233. The van der Waals surface area contributed by atoms with Crippen molar-refractivity contribution in [1.29, 1.82) is 0 Å². The second-order valence-corrected chi connectivity index (χ2v) is 4.98. The van der Waals surface area contributed by atoms with Crippen LogP contribution in [0.1, 0.15) is 45.2 Å². The molecule has 0 saturated carbocycles. The number of rotatable bonds is 3. The lowest BCUT2D eigenvalue weighted by Crippen LogP contribution is -2.26. The predicted molar refractivity (Wildman–Crippen MR) is 78.6 cm³/mol. The van der Waals surface area contributed by atoms with Crippen LogP contribution in [0.3, 0.4) is 0 Å². The van der Waals surface area contributed by atoms with Crippen molar-refractivity contribution in [2.24, 2.45) is 5.73 Å². The molecule has 0 heterocycles. The third-order valence-corrected chi connectivity index (χ3v) is 3.59. The highest BCUT2D eigenvalue weighted by atomic mass is 16.5. The van der Waals surface area contributed by atoms with Gasteiger partial charge in [0, 0.05) is 22.3 Å². The summed E-state index contributed by atoms with van der Waals surface area (Å²) in [5.74, 6) is 0.214. The number of hydrogen-bond donors (Lipinski definition) is 1. The summed E-state index contributed by atoms with van der Waals surface area (Å²) in [6.45, 7) is 1.91. The van der Waals surface area contributed by atoms with E-state index in [4.69, 9.17) is 10.5 Å². The monoisotopic (exact) mass is 281 g/mol. The molecule has 0 aromatic heterocycles. The normalized spacial score (nSPS) is 14.4. The topological polar surface area (TPSA) is 69.4 Å². The number of carbonyl (C=O) groups is 2. The highest BCUT2D eigenvalue weighted by molar-refractivity contribution is 6.28. The molecule has 4 heteroatoms. The summed E-state index contributed by atoms with van der Waals surface area (Å²) in [5.41, 5.74) is 7.42. The molecule has 0 fully saturated rings. The number of fused-ring (bicyclic) bond motifs is 2. The van der Waals surface area contributed by atoms with Crippen molar-refractivity contribution >= 4 is 11.6 Å². The number of carbonyl (C=O) groups excluding carboxylic acids is 2. The summed E-state index contributed by atoms with van der Waals surface area (Å²) in [6, 6.07) is 11.8. The molecule has 0 saturated heterocycles. The Morgan fingerprint density at radius 1 is 0.952 bits per heavy atom. The van der Waals surface area contributed by atoms with Gasteiger partial charge in [0.2, 0.25) is 0 Å². The second kappa shape index (κ2) is 5.14. The number of nitrogens with two attached hydrogens (primary N) is 1. The molecule has 0 radical (unpaired) electrons. The van der Waals surface area contributed by atoms with Crippen LogP contribution in [0.25, 0.3) is 0 Å². The van der Waals surface area contributed by atoms with Crippen LogP contribution in [0.4, 0.5) is 0 Å². The maximum absolute atomic E-state index is 12.5. The molecule has 106 valence electrons. The van der Waals surface area contributed by atoms with E-state index in [1.807, 2.05) is 6.92 Å². The molecule has 1 aliphatic rings. The summed E-state index contributed by atoms with van der Waals surface area (Å²) in [4.78, 5) is 24.9. The number of ether oxygens (including phenoxy) is 1. The van der Waals surface area contributed by atoms with Gasteiger partial charge in [0.05, 0.1) is 0 Å². The minimum Gasteiger partial charge on any atom is -0.476 e. The van der Waals surface area contributed by atoms with E-state index in [1.165, 1.54) is 0 Å². The molecule has 21 heavy (non-hydrogen) atoms. The molecule has 2 aromatic rings. The van der Waals surface area contributed by atoms with Crippen LogP contribution < -0.4 is 10.5 Å². The van der Waals surface area contributed by atoms with Crippen LogP contribution >= 0.6 is 0 Å². The summed E-state index contributed by atoms with van der Waals surface area (Å²) >= 11 is 0. The van der Waals surface area contributed by atoms with Crippen LogP contribution in [-0.4, -0.2) is 17.8 Å². The van der Waals surface area contributed by atoms with Gasteiger partial charge in [-0.25, -0.2) is 0 Å². The minimum absolute atomic E-state index is 0.133. The molecule has 4 nitrogen and oxygen atoms in total. The molecule has 0 amide bonds. The van der Waals surface area contributed by atoms with Crippen molar-refractivity contribution in [3.05, 3.63) is 64.7 Å². The zero-order chi connectivity index (χ0) is 15.0. The Hall–Kier alpha value is -2.46. The van der Waals surface area contributed by atoms with Gasteiger partial charge in [-0.1, -0.05) is 31.2 Å². The molecule has 0 aliphatic heterocycles. The summed E-state index contributed by atoms with van der Waals surface area (Å²) < 4.78 is 5.52. The van der Waals surface area contributed by atoms with Crippen LogP contribution in [0.5, 0.6) is 5.75 Å². The summed E-state index contributed by atoms with van der Waals surface area (Å²) in [7, 11) is 0. The number of hydrogen-bond acceptors (Lipinski definition) is 4. The zero-order valence-corrected chi connectivity index (χ0v) is 11.6. The van der Waals surface area contributed by atoms with Crippen LogP contribution in [0.2, 0.25) is 0 Å². The van der Waals surface area contributed by atoms with Crippen molar-refractivity contribution < 1.29 is 14.3 Å². The van der Waals surface area contributed by atoms with Gasteiger partial charge in [0.15, 0.2) is 11.6 Å². The fourth-order valence-corrected chi connectivity index (χ4v) is 2.41. The molecule has 3 rings (SSSR count). The predicted octanol–water partition coefficient (Wildman–Crippen LogP) is 2.54. The van der Waals surface area contributed by atoms with Crippen molar-refractivity contribution in [3.63, 3.8) is 0 Å². The van der Waals surface area contributed by atoms with Crippen molar-refractivity contribution in [1.82, 2.24) is 0 Å². The number of ketones is 2. The summed E-state index contributed by atoms with van der Waals surface area (Å²) in [5, 5.41) is 0. The largest absolute Gasteiger partial charge is 0.476 e. The first-order chi connectivity index (χ1) is 10.1. The fraction of sp³-hybridized carbons (Fsp3) is 0.176. The van der Waals surface area contributed by atoms with Crippen LogP contribution in [-0.2, 0) is 0 Å². The van der Waals surface area contributed by atoms with Gasteiger partial charge in [0.1, 0.15) is 12.0 Å². The Balaban J connectivity index is 2.07. The average Bonchev–Trinajstić information content (AvgIpc) is 2.52. The average molecular weight is 281 g/mol. The minimum atomic E-state index is -0.426. The van der Waals surface area contributed by atoms with Gasteiger partial charge in [0.25, 0.3) is 0 Å². The highest BCUT2D eigenvalue weighted by Crippen LogP contribution is 2.29. The maximum atomic E-state index is 12.5. The standard InChI is InChI=1S/C17H15NO3/c1-2-15(18)21-10-7-8-13-14(9-10)17(20)12-6-4-3-5-11(12)16(13)19/h3-9,15H,2,18H2,1H3. The molecule has 0 spiro atoms. The Labute approximate surface area is 122 Å².